The first-order chi connectivity index (χ1) is 12.8. The van der Waals surface area contributed by atoms with Gasteiger partial charge >= 0.3 is 5.97 Å². The van der Waals surface area contributed by atoms with E-state index in [0.717, 1.165) is 0 Å². The van der Waals surface area contributed by atoms with Gasteiger partial charge in [-0.05, 0) is 63.6 Å². The number of benzene rings is 2. The van der Waals surface area contributed by atoms with Crippen LogP contribution < -0.4 is 14.2 Å². The number of allylic oxidation sites excluding steroid dienone is 1. The van der Waals surface area contributed by atoms with Gasteiger partial charge in [0, 0.05) is 6.07 Å². The number of hydrogen-bond acceptors (Lipinski definition) is 5. The molecule has 5 nitrogen and oxygen atoms in total. The van der Waals surface area contributed by atoms with Gasteiger partial charge in [0.15, 0.2) is 5.76 Å². The SMILES string of the molecule is CCOc1ccc2c(c1)O/C(=C\c1cccc(OC(=O)C(C)(C)C)c1)C2=O. The van der Waals surface area contributed by atoms with Gasteiger partial charge in [0.1, 0.15) is 17.2 Å². The molecule has 0 aliphatic carbocycles. The molecule has 2 aromatic carbocycles. The third-order valence-corrected chi connectivity index (χ3v) is 3.93. The minimum absolute atomic E-state index is 0.190. The third kappa shape index (κ3) is 4.19. The molecule has 0 saturated heterocycles. The summed E-state index contributed by atoms with van der Waals surface area (Å²) in [6.07, 6.45) is 1.64. The monoisotopic (exact) mass is 366 g/mol. The second kappa shape index (κ2) is 7.27. The van der Waals surface area contributed by atoms with Crippen LogP contribution in [-0.4, -0.2) is 18.4 Å². The summed E-state index contributed by atoms with van der Waals surface area (Å²) in [5.74, 6) is 1.26. The first-order valence-electron chi connectivity index (χ1n) is 8.81. The Bertz CT molecular complexity index is 919. The van der Waals surface area contributed by atoms with Gasteiger partial charge in [0.05, 0.1) is 17.6 Å². The number of Topliss-reactive ketones (excluding diaryl/α,β-unsaturated/α-hetero) is 1. The summed E-state index contributed by atoms with van der Waals surface area (Å²) >= 11 is 0. The van der Waals surface area contributed by atoms with Crippen LogP contribution in [0.1, 0.15) is 43.6 Å². The second-order valence-electron chi connectivity index (χ2n) is 7.24. The van der Waals surface area contributed by atoms with E-state index in [9.17, 15) is 9.59 Å². The van der Waals surface area contributed by atoms with Gasteiger partial charge in [-0.15, -0.1) is 0 Å². The minimum atomic E-state index is -0.598. The number of carbonyl (C=O) groups excluding carboxylic acids is 2. The van der Waals surface area contributed by atoms with Crippen LogP contribution in [0.3, 0.4) is 0 Å². The molecule has 0 fully saturated rings. The summed E-state index contributed by atoms with van der Waals surface area (Å²) < 4.78 is 16.6. The molecule has 0 radical (unpaired) electrons. The lowest BCUT2D eigenvalue weighted by molar-refractivity contribution is -0.142. The molecule has 0 spiro atoms. The van der Waals surface area contributed by atoms with Crippen LogP contribution in [0, 0.1) is 5.41 Å². The maximum atomic E-state index is 12.5. The maximum absolute atomic E-state index is 12.5. The van der Waals surface area contributed by atoms with Crippen molar-refractivity contribution < 1.29 is 23.8 Å². The van der Waals surface area contributed by atoms with Crippen LogP contribution in [-0.2, 0) is 4.79 Å². The molecule has 2 aromatic rings. The van der Waals surface area contributed by atoms with Gasteiger partial charge in [-0.3, -0.25) is 9.59 Å². The summed E-state index contributed by atoms with van der Waals surface area (Å²) in [5.41, 5.74) is 0.606. The van der Waals surface area contributed by atoms with Gasteiger partial charge in [-0.1, -0.05) is 12.1 Å². The Balaban J connectivity index is 1.82. The van der Waals surface area contributed by atoms with Crippen LogP contribution in [0.25, 0.3) is 6.08 Å². The van der Waals surface area contributed by atoms with Gasteiger partial charge in [-0.2, -0.15) is 0 Å². The smallest absolute Gasteiger partial charge is 0.316 e. The standard InChI is InChI=1S/C22H22O5/c1-5-25-15-9-10-17-18(13-15)27-19(20(17)23)12-14-7-6-8-16(11-14)26-21(24)22(2,3)4/h6-13H,5H2,1-4H3/b19-12-. The van der Waals surface area contributed by atoms with Gasteiger partial charge < -0.3 is 14.2 Å². The highest BCUT2D eigenvalue weighted by molar-refractivity contribution is 6.14. The molecule has 0 atom stereocenters. The fraction of sp³-hybridized carbons (Fsp3) is 0.273. The molecular weight excluding hydrogens is 344 g/mol. The van der Waals surface area contributed by atoms with Crippen molar-refractivity contribution in [3.05, 3.63) is 59.4 Å². The highest BCUT2D eigenvalue weighted by Gasteiger charge is 2.28. The minimum Gasteiger partial charge on any atom is -0.494 e. The molecule has 27 heavy (non-hydrogen) atoms. The first kappa shape index (κ1) is 18.7. The quantitative estimate of drug-likeness (QED) is 0.448. The van der Waals surface area contributed by atoms with E-state index in [1.165, 1.54) is 0 Å². The molecule has 0 unspecified atom stereocenters. The van der Waals surface area contributed by atoms with Crippen molar-refractivity contribution in [1.82, 2.24) is 0 Å². The molecule has 0 bridgehead atoms. The van der Waals surface area contributed by atoms with E-state index >= 15 is 0 Å². The van der Waals surface area contributed by atoms with Crippen molar-refractivity contribution in [2.24, 2.45) is 5.41 Å². The number of ketones is 1. The summed E-state index contributed by atoms with van der Waals surface area (Å²) in [6, 6.07) is 12.1. The molecule has 0 saturated carbocycles. The van der Waals surface area contributed by atoms with Crippen LogP contribution in [0.2, 0.25) is 0 Å². The fourth-order valence-electron chi connectivity index (χ4n) is 2.50. The molecule has 1 aliphatic heterocycles. The van der Waals surface area contributed by atoms with Crippen molar-refractivity contribution in [3.63, 3.8) is 0 Å². The average molecular weight is 366 g/mol. The zero-order chi connectivity index (χ0) is 19.6. The summed E-state index contributed by atoms with van der Waals surface area (Å²) in [7, 11) is 0. The van der Waals surface area contributed by atoms with E-state index in [0.29, 0.717) is 35.0 Å². The lowest BCUT2D eigenvalue weighted by Gasteiger charge is -2.16. The van der Waals surface area contributed by atoms with Crippen LogP contribution in [0.5, 0.6) is 17.2 Å². The summed E-state index contributed by atoms with van der Waals surface area (Å²) in [5, 5.41) is 0. The Morgan fingerprint density at radius 2 is 1.89 bits per heavy atom. The Morgan fingerprint density at radius 1 is 1.11 bits per heavy atom. The number of fused-ring (bicyclic) bond motifs is 1. The van der Waals surface area contributed by atoms with E-state index in [1.54, 1.807) is 63.2 Å². The van der Waals surface area contributed by atoms with Crippen molar-refractivity contribution >= 4 is 17.8 Å². The molecule has 140 valence electrons. The number of ether oxygens (including phenoxy) is 3. The molecule has 0 N–H and O–H groups in total. The zero-order valence-electron chi connectivity index (χ0n) is 15.9. The topological polar surface area (TPSA) is 61.8 Å². The van der Waals surface area contributed by atoms with E-state index in [1.807, 2.05) is 13.0 Å². The summed E-state index contributed by atoms with van der Waals surface area (Å²) in [4.78, 5) is 24.6. The van der Waals surface area contributed by atoms with E-state index in [-0.39, 0.29) is 17.5 Å². The molecule has 5 heteroatoms. The lowest BCUT2D eigenvalue weighted by atomic mass is 9.97. The zero-order valence-corrected chi connectivity index (χ0v) is 15.9. The predicted molar refractivity (Wildman–Crippen MR) is 102 cm³/mol. The normalized spacial score (nSPS) is 14.7. The number of hydrogen-bond donors (Lipinski definition) is 0. The first-order valence-corrected chi connectivity index (χ1v) is 8.81. The second-order valence-corrected chi connectivity index (χ2v) is 7.24. The average Bonchev–Trinajstić information content (AvgIpc) is 2.90. The van der Waals surface area contributed by atoms with E-state index in [4.69, 9.17) is 14.2 Å². The van der Waals surface area contributed by atoms with Crippen molar-refractivity contribution in [2.75, 3.05) is 6.61 Å². The predicted octanol–water partition coefficient (Wildman–Crippen LogP) is 4.65. The van der Waals surface area contributed by atoms with Crippen LogP contribution in [0.4, 0.5) is 0 Å². The third-order valence-electron chi connectivity index (χ3n) is 3.93. The Kier molecular flexibility index (Phi) is 5.04. The van der Waals surface area contributed by atoms with Crippen LogP contribution >= 0.6 is 0 Å². The maximum Gasteiger partial charge on any atom is 0.316 e. The fourth-order valence-corrected chi connectivity index (χ4v) is 2.50. The molecule has 0 amide bonds. The van der Waals surface area contributed by atoms with E-state index < -0.39 is 5.41 Å². The molecular formula is C22H22O5. The Morgan fingerprint density at radius 3 is 2.59 bits per heavy atom. The highest BCUT2D eigenvalue weighted by Crippen LogP contribution is 2.35. The largest absolute Gasteiger partial charge is 0.494 e. The van der Waals surface area contributed by atoms with Gasteiger partial charge in [-0.25, -0.2) is 0 Å². The Labute approximate surface area is 158 Å². The Hall–Kier alpha value is -3.08. The number of carbonyl (C=O) groups is 2. The molecule has 1 heterocycles. The van der Waals surface area contributed by atoms with E-state index in [2.05, 4.69) is 0 Å². The van der Waals surface area contributed by atoms with Crippen molar-refractivity contribution in [1.29, 1.82) is 0 Å². The lowest BCUT2D eigenvalue weighted by Crippen LogP contribution is -2.25. The summed E-state index contributed by atoms with van der Waals surface area (Å²) in [6.45, 7) is 7.80. The molecule has 0 aromatic heterocycles. The molecule has 1 aliphatic rings. The number of rotatable bonds is 4. The van der Waals surface area contributed by atoms with Crippen molar-refractivity contribution in [2.45, 2.75) is 27.7 Å². The van der Waals surface area contributed by atoms with Crippen molar-refractivity contribution in [3.8, 4) is 17.2 Å². The van der Waals surface area contributed by atoms with Gasteiger partial charge in [0.2, 0.25) is 5.78 Å². The highest BCUT2D eigenvalue weighted by atomic mass is 16.5. The molecule has 3 rings (SSSR count). The van der Waals surface area contributed by atoms with Crippen LogP contribution in [0.15, 0.2) is 48.2 Å². The van der Waals surface area contributed by atoms with Gasteiger partial charge in [0.25, 0.3) is 0 Å². The number of esters is 1.